The lowest BCUT2D eigenvalue weighted by atomic mass is 9.94. The molecule has 3 rings (SSSR count). The van der Waals surface area contributed by atoms with Gasteiger partial charge in [-0.2, -0.15) is 4.98 Å². The molecule has 0 fully saturated rings. The highest BCUT2D eigenvalue weighted by Crippen LogP contribution is 2.27. The maximum atomic E-state index is 13.2. The number of methoxy groups -OCH3 is 2. The van der Waals surface area contributed by atoms with Crippen LogP contribution in [0.4, 0.5) is 5.95 Å². The first-order valence-corrected chi connectivity index (χ1v) is 12.0. The van der Waals surface area contributed by atoms with E-state index in [4.69, 9.17) is 9.47 Å². The van der Waals surface area contributed by atoms with E-state index in [0.29, 0.717) is 23.2 Å². The van der Waals surface area contributed by atoms with E-state index in [9.17, 15) is 14.4 Å². The summed E-state index contributed by atoms with van der Waals surface area (Å²) in [6.07, 6.45) is 3.00. The lowest BCUT2D eigenvalue weighted by molar-refractivity contribution is -0.141. The third kappa shape index (κ3) is 6.69. The Morgan fingerprint density at radius 1 is 1.08 bits per heavy atom. The third-order valence-electron chi connectivity index (χ3n) is 5.74. The van der Waals surface area contributed by atoms with E-state index >= 15 is 0 Å². The minimum Gasteiger partial charge on any atom is -0.468 e. The molecule has 2 aromatic carbocycles. The molecule has 0 N–H and O–H groups in total. The SMILES string of the molecule is CCCc1c(Cc2ccc(-c3ccccc3)c(C(=O)OC)c2)c(=O)nc(N=CN(C)C)n1CC(=O)OC. The van der Waals surface area contributed by atoms with Gasteiger partial charge in [0.25, 0.3) is 5.56 Å². The molecule has 0 saturated carbocycles. The highest BCUT2D eigenvalue weighted by molar-refractivity contribution is 5.97. The van der Waals surface area contributed by atoms with Gasteiger partial charge in [-0.25, -0.2) is 9.79 Å². The van der Waals surface area contributed by atoms with Crippen LogP contribution in [0.25, 0.3) is 11.1 Å². The van der Waals surface area contributed by atoms with Crippen molar-refractivity contribution in [2.24, 2.45) is 4.99 Å². The van der Waals surface area contributed by atoms with E-state index in [2.05, 4.69) is 9.98 Å². The van der Waals surface area contributed by atoms with Crippen molar-refractivity contribution >= 4 is 24.2 Å². The second kappa shape index (κ2) is 12.6. The van der Waals surface area contributed by atoms with E-state index < -0.39 is 17.5 Å². The van der Waals surface area contributed by atoms with Crippen molar-refractivity contribution in [3.63, 3.8) is 0 Å². The maximum absolute atomic E-state index is 13.2. The van der Waals surface area contributed by atoms with Gasteiger partial charge >= 0.3 is 11.9 Å². The van der Waals surface area contributed by atoms with Crippen LogP contribution in [0.3, 0.4) is 0 Å². The number of carbonyl (C=O) groups excluding carboxylic acids is 2. The van der Waals surface area contributed by atoms with Gasteiger partial charge in [-0.1, -0.05) is 55.8 Å². The fraction of sp³-hybridized carbons (Fsp3) is 0.321. The molecule has 0 aliphatic rings. The van der Waals surface area contributed by atoms with Crippen LogP contribution in [0.2, 0.25) is 0 Å². The van der Waals surface area contributed by atoms with Gasteiger partial charge in [0, 0.05) is 31.8 Å². The molecule has 0 amide bonds. The number of hydrogen-bond donors (Lipinski definition) is 0. The predicted molar refractivity (Wildman–Crippen MR) is 142 cm³/mol. The maximum Gasteiger partial charge on any atom is 0.338 e. The number of aromatic nitrogens is 2. The van der Waals surface area contributed by atoms with Gasteiger partial charge in [0.2, 0.25) is 5.95 Å². The van der Waals surface area contributed by atoms with Gasteiger partial charge in [-0.05, 0) is 29.2 Å². The number of benzene rings is 2. The van der Waals surface area contributed by atoms with Crippen molar-refractivity contribution in [1.82, 2.24) is 14.5 Å². The fourth-order valence-corrected chi connectivity index (χ4v) is 4.01. The Labute approximate surface area is 216 Å². The molecule has 0 aliphatic heterocycles. The highest BCUT2D eigenvalue weighted by atomic mass is 16.5. The van der Waals surface area contributed by atoms with E-state index in [1.54, 1.807) is 29.6 Å². The molecule has 0 saturated heterocycles. The van der Waals surface area contributed by atoms with Gasteiger partial charge in [-0.15, -0.1) is 0 Å². The largest absolute Gasteiger partial charge is 0.468 e. The average Bonchev–Trinajstić information content (AvgIpc) is 2.90. The molecule has 9 nitrogen and oxygen atoms in total. The zero-order chi connectivity index (χ0) is 26.9. The van der Waals surface area contributed by atoms with Crippen LogP contribution in [0.5, 0.6) is 0 Å². The van der Waals surface area contributed by atoms with Gasteiger partial charge < -0.3 is 18.9 Å². The van der Waals surface area contributed by atoms with E-state index in [-0.39, 0.29) is 18.9 Å². The lowest BCUT2D eigenvalue weighted by Crippen LogP contribution is -2.26. The molecule has 37 heavy (non-hydrogen) atoms. The van der Waals surface area contributed by atoms with Crippen LogP contribution < -0.4 is 5.56 Å². The summed E-state index contributed by atoms with van der Waals surface area (Å²) in [5.74, 6) is -0.815. The van der Waals surface area contributed by atoms with Crippen molar-refractivity contribution in [3.05, 3.63) is 81.3 Å². The minimum atomic E-state index is -0.477. The van der Waals surface area contributed by atoms with Crippen molar-refractivity contribution in [2.75, 3.05) is 28.3 Å². The number of aliphatic imine (C=N–C) groups is 1. The quantitative estimate of drug-likeness (QED) is 0.236. The lowest BCUT2D eigenvalue weighted by Gasteiger charge is -2.18. The molecule has 0 aliphatic carbocycles. The van der Waals surface area contributed by atoms with Gasteiger partial charge in [0.05, 0.1) is 26.1 Å². The number of rotatable bonds is 10. The van der Waals surface area contributed by atoms with Crippen LogP contribution in [0.1, 0.15) is 40.5 Å². The van der Waals surface area contributed by atoms with Crippen LogP contribution in [-0.2, 0) is 33.7 Å². The zero-order valence-corrected chi connectivity index (χ0v) is 21.9. The second-order valence-corrected chi connectivity index (χ2v) is 8.68. The predicted octanol–water partition coefficient (Wildman–Crippen LogP) is 3.63. The summed E-state index contributed by atoms with van der Waals surface area (Å²) in [5, 5.41) is 0. The van der Waals surface area contributed by atoms with Crippen molar-refractivity contribution in [1.29, 1.82) is 0 Å². The summed E-state index contributed by atoms with van der Waals surface area (Å²) in [7, 11) is 6.24. The summed E-state index contributed by atoms with van der Waals surface area (Å²) < 4.78 is 11.6. The molecule has 0 radical (unpaired) electrons. The summed E-state index contributed by atoms with van der Waals surface area (Å²) in [5.41, 5.74) is 3.43. The molecule has 194 valence electrons. The highest BCUT2D eigenvalue weighted by Gasteiger charge is 2.21. The van der Waals surface area contributed by atoms with Crippen LogP contribution in [0.15, 0.2) is 58.3 Å². The number of carbonyl (C=O) groups is 2. The Hall–Kier alpha value is -4.27. The third-order valence-corrected chi connectivity index (χ3v) is 5.74. The topological polar surface area (TPSA) is 103 Å². The first-order chi connectivity index (χ1) is 17.8. The monoisotopic (exact) mass is 504 g/mol. The van der Waals surface area contributed by atoms with Gasteiger partial charge in [0.1, 0.15) is 6.54 Å². The van der Waals surface area contributed by atoms with Crippen molar-refractivity contribution in [2.45, 2.75) is 32.7 Å². The van der Waals surface area contributed by atoms with E-state index in [1.807, 2.05) is 49.4 Å². The zero-order valence-electron chi connectivity index (χ0n) is 21.9. The average molecular weight is 505 g/mol. The Morgan fingerprint density at radius 2 is 1.81 bits per heavy atom. The number of nitrogens with zero attached hydrogens (tertiary/aromatic N) is 4. The van der Waals surface area contributed by atoms with Crippen LogP contribution in [-0.4, -0.2) is 61.0 Å². The number of hydrogen-bond acceptors (Lipinski definition) is 7. The molecule has 0 bridgehead atoms. The first-order valence-electron chi connectivity index (χ1n) is 12.0. The Morgan fingerprint density at radius 3 is 2.43 bits per heavy atom. The Kier molecular flexibility index (Phi) is 9.32. The second-order valence-electron chi connectivity index (χ2n) is 8.68. The molecule has 1 aromatic heterocycles. The summed E-state index contributed by atoms with van der Waals surface area (Å²) >= 11 is 0. The number of ether oxygens (including phenoxy) is 2. The molecule has 9 heteroatoms. The molecular weight excluding hydrogens is 472 g/mol. The molecular formula is C28H32N4O5. The molecule has 1 heterocycles. The minimum absolute atomic E-state index is 0.131. The summed E-state index contributed by atoms with van der Waals surface area (Å²) in [4.78, 5) is 48.4. The van der Waals surface area contributed by atoms with E-state index in [1.165, 1.54) is 20.6 Å². The summed E-state index contributed by atoms with van der Waals surface area (Å²) in [6.45, 7) is 1.86. The van der Waals surface area contributed by atoms with Crippen molar-refractivity contribution in [3.8, 4) is 11.1 Å². The molecule has 3 aromatic rings. The van der Waals surface area contributed by atoms with Crippen LogP contribution in [0, 0.1) is 0 Å². The smallest absolute Gasteiger partial charge is 0.338 e. The standard InChI is InChI=1S/C28H32N4O5/c1-6-10-24-23(26(34)30-28(29-18-31(2)3)32(24)17-25(33)36-4)16-19-13-14-21(20-11-8-7-9-12-20)22(15-19)27(35)37-5/h7-9,11-15,18H,6,10,16-17H2,1-5H3. The molecule has 0 spiro atoms. The van der Waals surface area contributed by atoms with Gasteiger partial charge in [-0.3, -0.25) is 9.59 Å². The normalized spacial score (nSPS) is 10.9. The molecule has 0 unspecified atom stereocenters. The number of esters is 2. The van der Waals surface area contributed by atoms with Gasteiger partial charge in [0.15, 0.2) is 0 Å². The fourth-order valence-electron chi connectivity index (χ4n) is 4.01. The Bertz CT molecular complexity index is 1350. The van der Waals surface area contributed by atoms with E-state index in [0.717, 1.165) is 23.1 Å². The van der Waals surface area contributed by atoms with Crippen LogP contribution >= 0.6 is 0 Å². The first kappa shape index (κ1) is 27.3. The summed E-state index contributed by atoms with van der Waals surface area (Å²) in [6, 6.07) is 15.0. The van der Waals surface area contributed by atoms with Crippen molar-refractivity contribution < 1.29 is 19.1 Å². The Balaban J connectivity index is 2.16. The molecule has 0 atom stereocenters.